The fourth-order valence-electron chi connectivity index (χ4n) is 1.76. The van der Waals surface area contributed by atoms with Crippen molar-refractivity contribution in [1.29, 1.82) is 0 Å². The highest BCUT2D eigenvalue weighted by Gasteiger charge is 2.21. The van der Waals surface area contributed by atoms with Gasteiger partial charge in [0.1, 0.15) is 5.82 Å². The Morgan fingerprint density at radius 2 is 2.11 bits per heavy atom. The first-order valence-corrected chi connectivity index (χ1v) is 5.18. The molecule has 2 aromatic rings. The highest BCUT2D eigenvalue weighted by molar-refractivity contribution is 5.93. The number of aromatic nitrogens is 2. The maximum Gasteiger partial charge on any atom is 0.356 e. The lowest BCUT2D eigenvalue weighted by Gasteiger charge is -2.07. The average molecular weight is 249 g/mol. The number of rotatable bonds is 4. The van der Waals surface area contributed by atoms with E-state index in [1.807, 2.05) is 0 Å². The zero-order valence-electron chi connectivity index (χ0n) is 9.28. The summed E-state index contributed by atoms with van der Waals surface area (Å²) in [4.78, 5) is 25.6. The topological polar surface area (TPSA) is 118 Å². The summed E-state index contributed by atoms with van der Waals surface area (Å²) in [5.41, 5.74) is 5.98. The molecule has 0 aromatic carbocycles. The molecule has 7 nitrogen and oxygen atoms in total. The predicted molar refractivity (Wildman–Crippen MR) is 61.3 cm³/mol. The molecule has 0 amide bonds. The Kier molecular flexibility index (Phi) is 2.99. The Labute approximate surface area is 101 Å². The molecule has 1 atom stereocenters. The minimum Gasteiger partial charge on any atom is -0.481 e. The fraction of sp³-hybridized carbons (Fsp3) is 0.182. The number of fused-ring (bicyclic) bond motifs is 1. The van der Waals surface area contributed by atoms with Crippen molar-refractivity contribution in [3.63, 3.8) is 0 Å². The molecule has 7 heteroatoms. The molecule has 2 heterocycles. The van der Waals surface area contributed by atoms with Crippen LogP contribution in [0.1, 0.15) is 28.8 Å². The molecule has 0 spiro atoms. The van der Waals surface area contributed by atoms with Crippen LogP contribution in [-0.4, -0.2) is 31.5 Å². The number of aliphatic carboxylic acids is 1. The number of carbonyl (C=O) groups is 2. The van der Waals surface area contributed by atoms with Gasteiger partial charge in [-0.3, -0.25) is 4.79 Å². The van der Waals surface area contributed by atoms with Gasteiger partial charge in [0.25, 0.3) is 0 Å². The zero-order chi connectivity index (χ0) is 13.3. The molecule has 2 aromatic heterocycles. The molecule has 0 radical (unpaired) electrons. The van der Waals surface area contributed by atoms with E-state index in [0.29, 0.717) is 5.52 Å². The molecule has 0 saturated heterocycles. The van der Waals surface area contributed by atoms with E-state index in [4.69, 9.17) is 15.9 Å². The van der Waals surface area contributed by atoms with Crippen LogP contribution in [0.5, 0.6) is 0 Å². The van der Waals surface area contributed by atoms with Gasteiger partial charge in [-0.2, -0.15) is 0 Å². The van der Waals surface area contributed by atoms with Crippen molar-refractivity contribution in [3.8, 4) is 0 Å². The monoisotopic (exact) mass is 249 g/mol. The van der Waals surface area contributed by atoms with Crippen LogP contribution in [0.2, 0.25) is 0 Å². The van der Waals surface area contributed by atoms with Crippen LogP contribution in [0.3, 0.4) is 0 Å². The maximum atomic E-state index is 11.0. The molecule has 18 heavy (non-hydrogen) atoms. The lowest BCUT2D eigenvalue weighted by Crippen LogP contribution is -2.18. The first kappa shape index (κ1) is 12.1. The van der Waals surface area contributed by atoms with E-state index in [1.54, 1.807) is 24.4 Å². The van der Waals surface area contributed by atoms with E-state index in [-0.39, 0.29) is 17.9 Å². The number of imidazole rings is 1. The maximum absolute atomic E-state index is 11.0. The van der Waals surface area contributed by atoms with Crippen LogP contribution in [-0.2, 0) is 4.79 Å². The molecule has 2 rings (SSSR count). The standard InChI is InChI=1S/C11H11N3O4/c12-6(5-8(15)16)10-13-9(11(17)18)7-3-1-2-4-14(7)10/h1-4,6H,5,12H2,(H,15,16)(H,17,18). The normalized spacial score (nSPS) is 12.5. The second-order valence-electron chi connectivity index (χ2n) is 3.78. The van der Waals surface area contributed by atoms with Gasteiger partial charge in [-0.15, -0.1) is 0 Å². The van der Waals surface area contributed by atoms with Crippen LogP contribution in [0.4, 0.5) is 0 Å². The van der Waals surface area contributed by atoms with E-state index >= 15 is 0 Å². The summed E-state index contributed by atoms with van der Waals surface area (Å²) >= 11 is 0. The number of hydrogen-bond donors (Lipinski definition) is 3. The first-order valence-electron chi connectivity index (χ1n) is 5.18. The van der Waals surface area contributed by atoms with Crippen molar-refractivity contribution in [3.05, 3.63) is 35.9 Å². The van der Waals surface area contributed by atoms with Gasteiger partial charge in [-0.25, -0.2) is 9.78 Å². The van der Waals surface area contributed by atoms with Crippen molar-refractivity contribution >= 4 is 17.5 Å². The Morgan fingerprint density at radius 3 is 2.72 bits per heavy atom. The van der Waals surface area contributed by atoms with Gasteiger partial charge in [0.2, 0.25) is 0 Å². The summed E-state index contributed by atoms with van der Waals surface area (Å²) in [6.07, 6.45) is 1.29. The number of carboxylic acids is 2. The van der Waals surface area contributed by atoms with Crippen LogP contribution in [0.15, 0.2) is 24.4 Å². The second kappa shape index (κ2) is 4.46. The molecule has 0 aliphatic carbocycles. The van der Waals surface area contributed by atoms with Gasteiger partial charge in [-0.05, 0) is 12.1 Å². The van der Waals surface area contributed by atoms with Crippen molar-refractivity contribution in [1.82, 2.24) is 9.38 Å². The third kappa shape index (κ3) is 2.03. The van der Waals surface area contributed by atoms with Crippen LogP contribution in [0.25, 0.3) is 5.52 Å². The van der Waals surface area contributed by atoms with Gasteiger partial charge >= 0.3 is 11.9 Å². The number of hydrogen-bond acceptors (Lipinski definition) is 4. The lowest BCUT2D eigenvalue weighted by molar-refractivity contribution is -0.137. The Balaban J connectivity index is 2.57. The SMILES string of the molecule is NC(CC(=O)O)c1nc(C(=O)O)c2ccccn12. The molecular weight excluding hydrogens is 238 g/mol. The van der Waals surface area contributed by atoms with Gasteiger partial charge in [-0.1, -0.05) is 6.07 Å². The van der Waals surface area contributed by atoms with Gasteiger partial charge in [0, 0.05) is 6.20 Å². The van der Waals surface area contributed by atoms with Crippen molar-refractivity contribution < 1.29 is 19.8 Å². The minimum atomic E-state index is -1.17. The molecule has 0 aliphatic rings. The quantitative estimate of drug-likeness (QED) is 0.726. The number of pyridine rings is 1. The van der Waals surface area contributed by atoms with E-state index in [1.165, 1.54) is 4.40 Å². The Bertz CT molecular complexity index is 620. The molecular formula is C11H11N3O4. The average Bonchev–Trinajstić information content (AvgIpc) is 2.67. The molecule has 0 bridgehead atoms. The summed E-state index contributed by atoms with van der Waals surface area (Å²) in [6.45, 7) is 0. The predicted octanol–water partition coefficient (Wildman–Crippen LogP) is 0.507. The third-order valence-corrected chi connectivity index (χ3v) is 2.50. The smallest absolute Gasteiger partial charge is 0.356 e. The highest BCUT2D eigenvalue weighted by Crippen LogP contribution is 2.19. The number of carboxylic acid groups (broad SMARTS) is 2. The van der Waals surface area contributed by atoms with Crippen LogP contribution >= 0.6 is 0 Å². The summed E-state index contributed by atoms with van der Waals surface area (Å²) in [5.74, 6) is -2.01. The minimum absolute atomic E-state index is 0.133. The number of nitrogens with zero attached hydrogens (tertiary/aromatic N) is 2. The molecule has 0 saturated carbocycles. The summed E-state index contributed by atoms with van der Waals surface area (Å²) in [5, 5.41) is 17.7. The summed E-state index contributed by atoms with van der Waals surface area (Å²) < 4.78 is 1.50. The molecule has 0 aliphatic heterocycles. The number of nitrogens with two attached hydrogens (primary N) is 1. The largest absolute Gasteiger partial charge is 0.481 e. The van der Waals surface area contributed by atoms with Crippen molar-refractivity contribution in [2.45, 2.75) is 12.5 Å². The first-order chi connectivity index (χ1) is 8.50. The zero-order valence-corrected chi connectivity index (χ0v) is 9.28. The van der Waals surface area contributed by atoms with E-state index in [0.717, 1.165) is 0 Å². The molecule has 1 unspecified atom stereocenters. The summed E-state index contributed by atoms with van der Waals surface area (Å²) in [6, 6.07) is 4.10. The third-order valence-electron chi connectivity index (χ3n) is 2.50. The van der Waals surface area contributed by atoms with Crippen LogP contribution < -0.4 is 5.73 Å². The number of aromatic carboxylic acids is 1. The summed E-state index contributed by atoms with van der Waals surface area (Å²) in [7, 11) is 0. The second-order valence-corrected chi connectivity index (χ2v) is 3.78. The highest BCUT2D eigenvalue weighted by atomic mass is 16.4. The lowest BCUT2D eigenvalue weighted by atomic mass is 10.2. The molecule has 94 valence electrons. The van der Waals surface area contributed by atoms with Crippen LogP contribution in [0, 0.1) is 0 Å². The molecule has 4 N–H and O–H groups in total. The molecule has 0 fully saturated rings. The van der Waals surface area contributed by atoms with Gasteiger partial charge in [0.15, 0.2) is 5.69 Å². The van der Waals surface area contributed by atoms with E-state index in [2.05, 4.69) is 4.98 Å². The van der Waals surface area contributed by atoms with Gasteiger partial charge < -0.3 is 20.3 Å². The van der Waals surface area contributed by atoms with Crippen molar-refractivity contribution in [2.24, 2.45) is 5.73 Å². The Hall–Kier alpha value is -2.41. The van der Waals surface area contributed by atoms with Gasteiger partial charge in [0.05, 0.1) is 18.0 Å². The van der Waals surface area contributed by atoms with Crippen molar-refractivity contribution in [2.75, 3.05) is 0 Å². The van der Waals surface area contributed by atoms with E-state index < -0.39 is 18.0 Å². The van der Waals surface area contributed by atoms with E-state index in [9.17, 15) is 9.59 Å². The Morgan fingerprint density at radius 1 is 1.39 bits per heavy atom. The fourth-order valence-corrected chi connectivity index (χ4v) is 1.76.